The third-order valence-corrected chi connectivity index (χ3v) is 2.40. The first-order chi connectivity index (χ1) is 8.47. The van der Waals surface area contributed by atoms with E-state index in [0.717, 1.165) is 12.1 Å². The number of anilines is 1. The van der Waals surface area contributed by atoms with Crippen molar-refractivity contribution >= 4 is 11.7 Å². The van der Waals surface area contributed by atoms with Gasteiger partial charge in [-0.2, -0.15) is 13.2 Å². The van der Waals surface area contributed by atoms with Crippen LogP contribution in [-0.2, 0) is 11.0 Å². The highest BCUT2D eigenvalue weighted by atomic mass is 19.4. The van der Waals surface area contributed by atoms with Gasteiger partial charge in [0.25, 0.3) is 5.91 Å². The normalized spacial score (nSPS) is 14.5. The molecule has 3 nitrogen and oxygen atoms in total. The average molecular weight is 254 g/mol. The fourth-order valence-corrected chi connectivity index (χ4v) is 1.45. The number of carbonyl (C=O) groups excluding carboxylic acids is 1. The van der Waals surface area contributed by atoms with Gasteiger partial charge in [0.15, 0.2) is 0 Å². The Morgan fingerprint density at radius 3 is 2.61 bits per heavy atom. The molecule has 1 aliphatic carbocycles. The Morgan fingerprint density at radius 1 is 1.33 bits per heavy atom. The molecule has 0 saturated carbocycles. The molecule has 0 aliphatic heterocycles. The summed E-state index contributed by atoms with van der Waals surface area (Å²) in [6.07, 6.45) is 2.00. The van der Waals surface area contributed by atoms with Crippen molar-refractivity contribution in [2.24, 2.45) is 0 Å². The fourth-order valence-electron chi connectivity index (χ4n) is 1.45. The summed E-state index contributed by atoms with van der Waals surface area (Å²) < 4.78 is 36.8. The van der Waals surface area contributed by atoms with E-state index in [2.05, 4.69) is 10.3 Å². The molecule has 0 fully saturated rings. The maximum Gasteiger partial charge on any atom is 0.417 e. The van der Waals surface area contributed by atoms with E-state index >= 15 is 0 Å². The third-order valence-electron chi connectivity index (χ3n) is 2.40. The lowest BCUT2D eigenvalue weighted by molar-refractivity contribution is -0.137. The molecule has 1 amide bonds. The number of carbonyl (C=O) groups is 1. The molecule has 1 aromatic heterocycles. The summed E-state index contributed by atoms with van der Waals surface area (Å²) in [7, 11) is 0. The predicted octanol–water partition coefficient (Wildman–Crippen LogP) is 2.93. The third kappa shape index (κ3) is 2.77. The molecule has 0 saturated heterocycles. The number of aromatic nitrogens is 1. The van der Waals surface area contributed by atoms with Crippen LogP contribution in [0.2, 0.25) is 0 Å². The summed E-state index contributed by atoms with van der Waals surface area (Å²) in [5.74, 6) is -0.256. The minimum Gasteiger partial charge on any atom is -0.307 e. The highest BCUT2D eigenvalue weighted by Gasteiger charge is 2.30. The highest BCUT2D eigenvalue weighted by Crippen LogP contribution is 2.28. The molecule has 0 spiro atoms. The van der Waals surface area contributed by atoms with Gasteiger partial charge in [0.05, 0.1) is 5.56 Å². The molecule has 1 N–H and O–H groups in total. The zero-order valence-corrected chi connectivity index (χ0v) is 9.16. The lowest BCUT2D eigenvalue weighted by Gasteiger charge is -2.08. The van der Waals surface area contributed by atoms with E-state index in [4.69, 9.17) is 0 Å². The number of rotatable bonds is 2. The van der Waals surface area contributed by atoms with Crippen LogP contribution < -0.4 is 5.32 Å². The van der Waals surface area contributed by atoms with Crippen molar-refractivity contribution < 1.29 is 18.0 Å². The van der Waals surface area contributed by atoms with E-state index in [1.165, 1.54) is 0 Å². The molecule has 1 aliphatic rings. The van der Waals surface area contributed by atoms with Gasteiger partial charge < -0.3 is 5.32 Å². The van der Waals surface area contributed by atoms with Crippen molar-refractivity contribution in [3.05, 3.63) is 47.7 Å². The van der Waals surface area contributed by atoms with E-state index in [9.17, 15) is 18.0 Å². The number of hydrogen-bond acceptors (Lipinski definition) is 2. The molecule has 94 valence electrons. The van der Waals surface area contributed by atoms with Crippen LogP contribution in [0.15, 0.2) is 42.1 Å². The SMILES string of the molecule is O=C(Nc1ccc(C(F)(F)F)cn1)C1=CC=CC1. The number of allylic oxidation sites excluding steroid dienone is 3. The number of amides is 1. The van der Waals surface area contributed by atoms with Gasteiger partial charge in [0, 0.05) is 11.8 Å². The van der Waals surface area contributed by atoms with Crippen LogP contribution in [0.1, 0.15) is 12.0 Å². The minimum absolute atomic E-state index is 0.0980. The van der Waals surface area contributed by atoms with Crippen LogP contribution in [0, 0.1) is 0 Å². The lowest BCUT2D eigenvalue weighted by Crippen LogP contribution is -2.15. The Bertz CT molecular complexity index is 515. The Balaban J connectivity index is 2.05. The smallest absolute Gasteiger partial charge is 0.307 e. The first-order valence-electron chi connectivity index (χ1n) is 5.17. The molecule has 0 aromatic carbocycles. The molecular formula is C12H9F3N2O. The summed E-state index contributed by atoms with van der Waals surface area (Å²) in [5, 5.41) is 2.44. The maximum atomic E-state index is 12.3. The molecule has 1 heterocycles. The summed E-state index contributed by atoms with van der Waals surface area (Å²) >= 11 is 0. The number of nitrogens with one attached hydrogen (secondary N) is 1. The fraction of sp³-hybridized carbons (Fsp3) is 0.167. The molecule has 0 atom stereocenters. The largest absolute Gasteiger partial charge is 0.417 e. The van der Waals surface area contributed by atoms with Crippen molar-refractivity contribution in [1.82, 2.24) is 4.98 Å². The Morgan fingerprint density at radius 2 is 2.11 bits per heavy atom. The first kappa shape index (κ1) is 12.3. The molecular weight excluding hydrogens is 245 g/mol. The van der Waals surface area contributed by atoms with Crippen molar-refractivity contribution in [2.75, 3.05) is 5.32 Å². The van der Waals surface area contributed by atoms with Crippen LogP contribution in [0.3, 0.4) is 0 Å². The van der Waals surface area contributed by atoms with Crippen LogP contribution in [0.5, 0.6) is 0 Å². The summed E-state index contributed by atoms with van der Waals surface area (Å²) in [6.45, 7) is 0. The van der Waals surface area contributed by atoms with Crippen LogP contribution in [-0.4, -0.2) is 10.9 Å². The van der Waals surface area contributed by atoms with Gasteiger partial charge in [-0.15, -0.1) is 0 Å². The van der Waals surface area contributed by atoms with Crippen LogP contribution in [0.25, 0.3) is 0 Å². The zero-order chi connectivity index (χ0) is 13.2. The molecule has 0 radical (unpaired) electrons. The molecule has 2 rings (SSSR count). The van der Waals surface area contributed by atoms with Gasteiger partial charge >= 0.3 is 6.18 Å². The highest BCUT2D eigenvalue weighted by molar-refractivity contribution is 6.04. The first-order valence-corrected chi connectivity index (χ1v) is 5.17. The average Bonchev–Trinajstić information content (AvgIpc) is 2.82. The predicted molar refractivity (Wildman–Crippen MR) is 59.7 cm³/mol. The standard InChI is InChI=1S/C12H9F3N2O/c13-12(14,15)9-5-6-10(16-7-9)17-11(18)8-3-1-2-4-8/h1-3,5-7H,4H2,(H,16,17,18). The number of alkyl halides is 3. The van der Waals surface area contributed by atoms with E-state index in [-0.39, 0.29) is 11.7 Å². The number of nitrogens with zero attached hydrogens (tertiary/aromatic N) is 1. The van der Waals surface area contributed by atoms with Crippen LogP contribution >= 0.6 is 0 Å². The quantitative estimate of drug-likeness (QED) is 0.881. The molecule has 6 heteroatoms. The van der Waals surface area contributed by atoms with Gasteiger partial charge in [-0.1, -0.05) is 18.2 Å². The van der Waals surface area contributed by atoms with Crippen LogP contribution in [0.4, 0.5) is 19.0 Å². The minimum atomic E-state index is -4.42. The Labute approximate surface area is 101 Å². The number of pyridine rings is 1. The Kier molecular flexibility index (Phi) is 3.18. The van der Waals surface area contributed by atoms with Gasteiger partial charge in [-0.3, -0.25) is 4.79 Å². The van der Waals surface area contributed by atoms with E-state index in [1.54, 1.807) is 12.2 Å². The second kappa shape index (κ2) is 4.64. The summed E-state index contributed by atoms with van der Waals surface area (Å²) in [4.78, 5) is 15.2. The van der Waals surface area contributed by atoms with Crippen molar-refractivity contribution in [1.29, 1.82) is 0 Å². The summed E-state index contributed by atoms with van der Waals surface area (Å²) in [6, 6.07) is 2.01. The van der Waals surface area contributed by atoms with Crippen molar-refractivity contribution in [2.45, 2.75) is 12.6 Å². The molecule has 0 bridgehead atoms. The van der Waals surface area contributed by atoms with Gasteiger partial charge in [-0.05, 0) is 18.6 Å². The lowest BCUT2D eigenvalue weighted by atomic mass is 10.2. The number of halogens is 3. The van der Waals surface area contributed by atoms with Gasteiger partial charge in [0.1, 0.15) is 5.82 Å². The summed E-state index contributed by atoms with van der Waals surface area (Å²) in [5.41, 5.74) is -0.293. The monoisotopic (exact) mass is 254 g/mol. The topological polar surface area (TPSA) is 42.0 Å². The van der Waals surface area contributed by atoms with Crippen molar-refractivity contribution in [3.8, 4) is 0 Å². The van der Waals surface area contributed by atoms with E-state index in [0.29, 0.717) is 18.2 Å². The molecule has 0 unspecified atom stereocenters. The van der Waals surface area contributed by atoms with Gasteiger partial charge in [0.2, 0.25) is 0 Å². The van der Waals surface area contributed by atoms with Crippen molar-refractivity contribution in [3.63, 3.8) is 0 Å². The maximum absolute atomic E-state index is 12.3. The Hall–Kier alpha value is -2.11. The zero-order valence-electron chi connectivity index (χ0n) is 9.16. The van der Waals surface area contributed by atoms with E-state index in [1.807, 2.05) is 6.08 Å². The van der Waals surface area contributed by atoms with Gasteiger partial charge in [-0.25, -0.2) is 4.98 Å². The second-order valence-electron chi connectivity index (χ2n) is 3.71. The number of hydrogen-bond donors (Lipinski definition) is 1. The molecule has 18 heavy (non-hydrogen) atoms. The second-order valence-corrected chi connectivity index (χ2v) is 3.71. The molecule has 1 aromatic rings. The van der Waals surface area contributed by atoms with E-state index < -0.39 is 11.7 Å².